The van der Waals surface area contributed by atoms with Gasteiger partial charge in [0.25, 0.3) is 0 Å². The molecule has 238 valence electrons. The Labute approximate surface area is 298 Å². The molecule has 0 bridgehead atoms. The molecule has 0 aliphatic heterocycles. The summed E-state index contributed by atoms with van der Waals surface area (Å²) in [5.74, 6) is 1.81. The summed E-state index contributed by atoms with van der Waals surface area (Å²) >= 11 is 1.71. The molecule has 3 aromatic heterocycles. The van der Waals surface area contributed by atoms with Crippen molar-refractivity contribution >= 4 is 31.5 Å². The molecule has 51 heavy (non-hydrogen) atoms. The van der Waals surface area contributed by atoms with E-state index in [2.05, 4.69) is 89.9 Å². The van der Waals surface area contributed by atoms with Gasteiger partial charge in [0.05, 0.1) is 11.6 Å². The van der Waals surface area contributed by atoms with Crippen LogP contribution in [-0.4, -0.2) is 19.9 Å². The molecule has 9 aromatic rings. The Balaban J connectivity index is 1.21. The van der Waals surface area contributed by atoms with Crippen molar-refractivity contribution in [3.8, 4) is 73.6 Å². The second kappa shape index (κ2) is 12.9. The molecule has 0 fully saturated rings. The maximum absolute atomic E-state index is 9.46. The number of hydrogen-bond donors (Lipinski definition) is 0. The SMILES string of the molecule is N#Cc1ccc2c(c1)sc1cc(-c3cc(-c4cccnc4)cc(-c4nc(-c5ccccc5)nc(-c5ccc(-c6ccccc6)cc5)n4)c3)ccc12. The van der Waals surface area contributed by atoms with Gasteiger partial charge in [-0.1, -0.05) is 109 Å². The fraction of sp³-hybridized carbons (Fsp3) is 0. The lowest BCUT2D eigenvalue weighted by Gasteiger charge is -2.12. The van der Waals surface area contributed by atoms with Gasteiger partial charge in [0.2, 0.25) is 0 Å². The number of nitrogens with zero attached hydrogens (tertiary/aromatic N) is 5. The molecule has 5 nitrogen and oxygen atoms in total. The molecule has 0 aliphatic carbocycles. The summed E-state index contributed by atoms with van der Waals surface area (Å²) in [6, 6.07) is 54.0. The Morgan fingerprint density at radius 1 is 0.412 bits per heavy atom. The van der Waals surface area contributed by atoms with Crippen molar-refractivity contribution in [3.63, 3.8) is 0 Å². The average Bonchev–Trinajstić information content (AvgIpc) is 3.58. The molecular weight excluding hydrogens is 643 g/mol. The van der Waals surface area contributed by atoms with Crippen molar-refractivity contribution in [1.29, 1.82) is 5.26 Å². The number of benzene rings is 6. The summed E-state index contributed by atoms with van der Waals surface area (Å²) in [6.45, 7) is 0. The topological polar surface area (TPSA) is 75.3 Å². The minimum atomic E-state index is 0.588. The Bertz CT molecular complexity index is 2730. The highest BCUT2D eigenvalue weighted by molar-refractivity contribution is 7.25. The fourth-order valence-electron chi connectivity index (χ4n) is 6.44. The van der Waals surface area contributed by atoms with Crippen LogP contribution in [-0.2, 0) is 0 Å². The van der Waals surface area contributed by atoms with Crippen LogP contribution in [0.15, 0.2) is 164 Å². The molecule has 0 amide bonds. The standard InChI is InChI=1S/C45H27N5S/c46-27-29-13-19-39-40-20-18-34(26-42(40)51-41(39)22-29)36-23-37(35-12-7-21-47-28-35)25-38(24-36)45-49-43(32-10-5-2-6-11-32)48-44(50-45)33-16-14-31(15-17-33)30-8-3-1-4-9-30/h1-26,28H. The van der Waals surface area contributed by atoms with Crippen LogP contribution in [0.1, 0.15) is 5.56 Å². The monoisotopic (exact) mass is 669 g/mol. The molecule has 0 atom stereocenters. The summed E-state index contributed by atoms with van der Waals surface area (Å²) < 4.78 is 2.27. The summed E-state index contributed by atoms with van der Waals surface area (Å²) in [6.07, 6.45) is 3.67. The van der Waals surface area contributed by atoms with Gasteiger partial charge in [0.15, 0.2) is 17.5 Å². The molecule has 6 heteroatoms. The zero-order chi connectivity index (χ0) is 34.1. The van der Waals surface area contributed by atoms with E-state index in [9.17, 15) is 5.26 Å². The molecule has 0 saturated heterocycles. The Morgan fingerprint density at radius 3 is 1.59 bits per heavy atom. The van der Waals surface area contributed by atoms with Crippen LogP contribution in [0, 0.1) is 11.3 Å². The van der Waals surface area contributed by atoms with Crippen molar-refractivity contribution in [2.24, 2.45) is 0 Å². The minimum Gasteiger partial charge on any atom is -0.264 e. The van der Waals surface area contributed by atoms with Crippen LogP contribution in [0.4, 0.5) is 0 Å². The molecule has 0 spiro atoms. The number of rotatable bonds is 6. The van der Waals surface area contributed by atoms with Crippen LogP contribution in [0.2, 0.25) is 0 Å². The summed E-state index contributed by atoms with van der Waals surface area (Å²) in [4.78, 5) is 19.6. The largest absolute Gasteiger partial charge is 0.264 e. The predicted molar refractivity (Wildman–Crippen MR) is 208 cm³/mol. The van der Waals surface area contributed by atoms with Gasteiger partial charge in [-0.15, -0.1) is 11.3 Å². The lowest BCUT2D eigenvalue weighted by atomic mass is 9.96. The fourth-order valence-corrected chi connectivity index (χ4v) is 7.63. The van der Waals surface area contributed by atoms with Crippen molar-refractivity contribution in [2.45, 2.75) is 0 Å². The maximum Gasteiger partial charge on any atom is 0.164 e. The van der Waals surface area contributed by atoms with Gasteiger partial charge in [-0.2, -0.15) is 5.26 Å². The van der Waals surface area contributed by atoms with Gasteiger partial charge in [-0.3, -0.25) is 4.98 Å². The summed E-state index contributed by atoms with van der Waals surface area (Å²) in [7, 11) is 0. The maximum atomic E-state index is 9.46. The normalized spacial score (nSPS) is 11.1. The van der Waals surface area contributed by atoms with E-state index < -0.39 is 0 Å². The third kappa shape index (κ3) is 5.93. The average molecular weight is 670 g/mol. The third-order valence-corrected chi connectivity index (χ3v) is 10.2. The third-order valence-electron chi connectivity index (χ3n) is 9.04. The lowest BCUT2D eigenvalue weighted by molar-refractivity contribution is 1.07. The second-order valence-electron chi connectivity index (χ2n) is 12.3. The molecule has 0 N–H and O–H groups in total. The zero-order valence-electron chi connectivity index (χ0n) is 27.2. The number of fused-ring (bicyclic) bond motifs is 3. The van der Waals surface area contributed by atoms with Gasteiger partial charge in [0.1, 0.15) is 0 Å². The van der Waals surface area contributed by atoms with E-state index in [-0.39, 0.29) is 0 Å². The van der Waals surface area contributed by atoms with Crippen molar-refractivity contribution in [1.82, 2.24) is 19.9 Å². The molecule has 0 saturated carbocycles. The van der Waals surface area contributed by atoms with Crippen molar-refractivity contribution < 1.29 is 0 Å². The lowest BCUT2D eigenvalue weighted by Crippen LogP contribution is -2.00. The zero-order valence-corrected chi connectivity index (χ0v) is 28.0. The van der Waals surface area contributed by atoms with E-state index >= 15 is 0 Å². The Kier molecular flexibility index (Phi) is 7.66. The highest BCUT2D eigenvalue weighted by atomic mass is 32.1. The van der Waals surface area contributed by atoms with Crippen LogP contribution in [0.25, 0.3) is 87.7 Å². The second-order valence-corrected chi connectivity index (χ2v) is 13.4. The molecule has 6 aromatic carbocycles. The van der Waals surface area contributed by atoms with Gasteiger partial charge in [-0.25, -0.2) is 15.0 Å². The van der Waals surface area contributed by atoms with Gasteiger partial charge in [-0.05, 0) is 70.3 Å². The van der Waals surface area contributed by atoms with Gasteiger partial charge < -0.3 is 0 Å². The van der Waals surface area contributed by atoms with Crippen LogP contribution < -0.4 is 0 Å². The Hall–Kier alpha value is -6.81. The summed E-state index contributed by atoms with van der Waals surface area (Å²) in [5.41, 5.74) is 9.80. The van der Waals surface area contributed by atoms with Gasteiger partial charge in [0, 0.05) is 54.8 Å². The molecule has 0 unspecified atom stereocenters. The van der Waals surface area contributed by atoms with Crippen molar-refractivity contribution in [2.75, 3.05) is 0 Å². The minimum absolute atomic E-state index is 0.588. The highest BCUT2D eigenvalue weighted by Crippen LogP contribution is 2.39. The number of hydrogen-bond acceptors (Lipinski definition) is 6. The van der Waals surface area contributed by atoms with E-state index in [0.717, 1.165) is 60.2 Å². The Morgan fingerprint density at radius 2 is 0.922 bits per heavy atom. The van der Waals surface area contributed by atoms with E-state index in [1.54, 1.807) is 17.5 Å². The number of thiophene rings is 1. The van der Waals surface area contributed by atoms with E-state index in [1.807, 2.05) is 79.0 Å². The summed E-state index contributed by atoms with van der Waals surface area (Å²) in [5, 5.41) is 11.8. The van der Waals surface area contributed by atoms with Crippen molar-refractivity contribution in [3.05, 3.63) is 170 Å². The van der Waals surface area contributed by atoms with E-state index in [4.69, 9.17) is 15.0 Å². The molecule has 0 aliphatic rings. The number of pyridine rings is 1. The first-order valence-corrected chi connectivity index (χ1v) is 17.4. The smallest absolute Gasteiger partial charge is 0.164 e. The van der Waals surface area contributed by atoms with Crippen LogP contribution >= 0.6 is 11.3 Å². The van der Waals surface area contributed by atoms with E-state index in [1.165, 1.54) is 10.1 Å². The first kappa shape index (κ1) is 30.3. The first-order valence-electron chi connectivity index (χ1n) is 16.6. The van der Waals surface area contributed by atoms with Crippen LogP contribution in [0.3, 0.4) is 0 Å². The van der Waals surface area contributed by atoms with Gasteiger partial charge >= 0.3 is 0 Å². The molecular formula is C45H27N5S. The molecule has 9 rings (SSSR count). The predicted octanol–water partition coefficient (Wildman–Crippen LogP) is 11.5. The number of nitriles is 1. The van der Waals surface area contributed by atoms with Crippen LogP contribution in [0.5, 0.6) is 0 Å². The molecule has 0 radical (unpaired) electrons. The molecule has 3 heterocycles. The first-order chi connectivity index (χ1) is 25.2. The number of aromatic nitrogens is 4. The quantitative estimate of drug-likeness (QED) is 0.176. The highest BCUT2D eigenvalue weighted by Gasteiger charge is 2.16. The van der Waals surface area contributed by atoms with E-state index in [0.29, 0.717) is 23.0 Å².